The number of carbonyl (C=O) groups is 1. The summed E-state index contributed by atoms with van der Waals surface area (Å²) in [6, 6.07) is 3.73. The summed E-state index contributed by atoms with van der Waals surface area (Å²) in [6.45, 7) is 3.60. The molecular weight excluding hydrogens is 332 g/mol. The first kappa shape index (κ1) is 18.5. The van der Waals surface area contributed by atoms with Crippen LogP contribution in [0, 0.1) is 5.92 Å². The van der Waals surface area contributed by atoms with Gasteiger partial charge in [0.2, 0.25) is 17.6 Å². The van der Waals surface area contributed by atoms with Crippen molar-refractivity contribution >= 4 is 18.3 Å². The molecule has 0 aromatic carbocycles. The van der Waals surface area contributed by atoms with Crippen LogP contribution >= 0.6 is 12.4 Å². The third kappa shape index (κ3) is 4.36. The van der Waals surface area contributed by atoms with Crippen LogP contribution in [0.4, 0.5) is 0 Å². The van der Waals surface area contributed by atoms with Crippen molar-refractivity contribution in [3.63, 3.8) is 0 Å². The fourth-order valence-corrected chi connectivity index (χ4v) is 2.91. The van der Waals surface area contributed by atoms with Crippen molar-refractivity contribution in [3.8, 4) is 11.6 Å². The van der Waals surface area contributed by atoms with E-state index in [0.29, 0.717) is 36.2 Å². The Morgan fingerprint density at radius 2 is 2.21 bits per heavy atom. The highest BCUT2D eigenvalue weighted by Gasteiger charge is 2.25. The van der Waals surface area contributed by atoms with Gasteiger partial charge in [-0.05, 0) is 37.8 Å². The zero-order chi connectivity index (χ0) is 16.2. The van der Waals surface area contributed by atoms with Crippen LogP contribution in [0.25, 0.3) is 11.6 Å². The molecular formula is C16H23ClN4O3. The number of nitrogens with two attached hydrogens (primary N) is 1. The molecule has 0 saturated carbocycles. The van der Waals surface area contributed by atoms with Gasteiger partial charge in [0.15, 0.2) is 5.76 Å². The van der Waals surface area contributed by atoms with Crippen LogP contribution in [0.1, 0.15) is 32.1 Å². The van der Waals surface area contributed by atoms with Crippen LogP contribution in [0.2, 0.25) is 0 Å². The summed E-state index contributed by atoms with van der Waals surface area (Å²) in [5.74, 6) is 2.08. The molecule has 8 heteroatoms. The molecule has 1 unspecified atom stereocenters. The molecule has 0 bridgehead atoms. The molecule has 2 aromatic heterocycles. The van der Waals surface area contributed by atoms with Gasteiger partial charge in [-0.3, -0.25) is 4.79 Å². The summed E-state index contributed by atoms with van der Waals surface area (Å²) in [4.78, 5) is 18.4. The molecule has 3 rings (SSSR count). The second kappa shape index (κ2) is 8.30. The Hall–Kier alpha value is -1.86. The number of aryl methyl sites for hydroxylation is 1. The van der Waals surface area contributed by atoms with Crippen molar-refractivity contribution in [2.75, 3.05) is 13.1 Å². The van der Waals surface area contributed by atoms with Crippen LogP contribution in [0.5, 0.6) is 0 Å². The minimum atomic E-state index is 0. The Morgan fingerprint density at radius 3 is 2.83 bits per heavy atom. The van der Waals surface area contributed by atoms with Gasteiger partial charge in [-0.15, -0.1) is 12.4 Å². The first-order chi connectivity index (χ1) is 11.1. The van der Waals surface area contributed by atoms with Crippen LogP contribution < -0.4 is 5.73 Å². The summed E-state index contributed by atoms with van der Waals surface area (Å²) in [5.41, 5.74) is 5.93. The third-order valence-electron chi connectivity index (χ3n) is 4.40. The molecule has 3 heterocycles. The second-order valence-electron chi connectivity index (χ2n) is 6.07. The number of halogens is 1. The minimum absolute atomic E-state index is 0. The SMILES string of the molecule is CC(N)C1CCN(C(=O)CCc2nc(-c3ccco3)no2)CC1.Cl. The Bertz CT molecular complexity index is 634. The van der Waals surface area contributed by atoms with Crippen molar-refractivity contribution in [2.24, 2.45) is 11.7 Å². The first-order valence-electron chi connectivity index (χ1n) is 8.03. The van der Waals surface area contributed by atoms with Gasteiger partial charge in [-0.1, -0.05) is 5.16 Å². The number of hydrogen-bond acceptors (Lipinski definition) is 6. The average Bonchev–Trinajstić information content (AvgIpc) is 3.23. The van der Waals surface area contributed by atoms with Crippen LogP contribution in [0.3, 0.4) is 0 Å². The van der Waals surface area contributed by atoms with Gasteiger partial charge in [0.1, 0.15) is 0 Å². The zero-order valence-corrected chi connectivity index (χ0v) is 14.5. The molecule has 0 aliphatic carbocycles. The average molecular weight is 355 g/mol. The van der Waals surface area contributed by atoms with Crippen molar-refractivity contribution in [1.29, 1.82) is 0 Å². The molecule has 7 nitrogen and oxygen atoms in total. The highest BCUT2D eigenvalue weighted by molar-refractivity contribution is 5.85. The molecule has 2 aromatic rings. The molecule has 1 aliphatic heterocycles. The van der Waals surface area contributed by atoms with E-state index in [4.69, 9.17) is 14.7 Å². The molecule has 24 heavy (non-hydrogen) atoms. The van der Waals surface area contributed by atoms with Crippen molar-refractivity contribution in [3.05, 3.63) is 24.3 Å². The number of furan rings is 1. The van der Waals surface area contributed by atoms with Crippen molar-refractivity contribution in [1.82, 2.24) is 15.0 Å². The number of likely N-dealkylation sites (tertiary alicyclic amines) is 1. The maximum Gasteiger partial charge on any atom is 0.238 e. The summed E-state index contributed by atoms with van der Waals surface area (Å²) in [6.07, 6.45) is 4.34. The first-order valence-corrected chi connectivity index (χ1v) is 8.03. The van der Waals surface area contributed by atoms with E-state index in [1.807, 2.05) is 11.8 Å². The van der Waals surface area contributed by atoms with E-state index in [2.05, 4.69) is 10.1 Å². The van der Waals surface area contributed by atoms with E-state index in [1.165, 1.54) is 0 Å². The third-order valence-corrected chi connectivity index (χ3v) is 4.40. The Balaban J connectivity index is 0.00000208. The van der Waals surface area contributed by atoms with Crippen LogP contribution in [0.15, 0.2) is 27.3 Å². The number of amides is 1. The standard InChI is InChI=1S/C16H22N4O3.ClH/c1-11(17)12-6-8-20(9-7-12)15(21)5-4-14-18-16(19-23-14)13-3-2-10-22-13;/h2-3,10-12H,4-9,17H2,1H3;1H. The normalized spacial score (nSPS) is 16.7. The van der Waals surface area contributed by atoms with Crippen LogP contribution in [-0.4, -0.2) is 40.1 Å². The largest absolute Gasteiger partial charge is 0.461 e. The smallest absolute Gasteiger partial charge is 0.238 e. The van der Waals surface area contributed by atoms with E-state index in [0.717, 1.165) is 25.9 Å². The van der Waals surface area contributed by atoms with Gasteiger partial charge < -0.3 is 19.6 Å². The molecule has 1 aliphatic rings. The number of nitrogens with zero attached hydrogens (tertiary/aromatic N) is 3. The molecule has 132 valence electrons. The van der Waals surface area contributed by atoms with Crippen molar-refractivity contribution in [2.45, 2.75) is 38.6 Å². The Labute approximate surface area is 147 Å². The monoisotopic (exact) mass is 354 g/mol. The fraction of sp³-hybridized carbons (Fsp3) is 0.562. The minimum Gasteiger partial charge on any atom is -0.461 e. The van der Waals surface area contributed by atoms with Gasteiger partial charge in [0, 0.05) is 32.0 Å². The zero-order valence-electron chi connectivity index (χ0n) is 13.7. The van der Waals surface area contributed by atoms with E-state index in [1.54, 1.807) is 18.4 Å². The lowest BCUT2D eigenvalue weighted by atomic mass is 9.91. The second-order valence-corrected chi connectivity index (χ2v) is 6.07. The maximum absolute atomic E-state index is 12.3. The number of aromatic nitrogens is 2. The highest BCUT2D eigenvalue weighted by Crippen LogP contribution is 2.21. The van der Waals surface area contributed by atoms with Gasteiger partial charge >= 0.3 is 0 Å². The van der Waals surface area contributed by atoms with Gasteiger partial charge in [-0.2, -0.15) is 4.98 Å². The topological polar surface area (TPSA) is 98.4 Å². The highest BCUT2D eigenvalue weighted by atomic mass is 35.5. The van der Waals surface area contributed by atoms with Crippen molar-refractivity contribution < 1.29 is 13.7 Å². The van der Waals surface area contributed by atoms with E-state index < -0.39 is 0 Å². The lowest BCUT2D eigenvalue weighted by Gasteiger charge is -2.33. The number of piperidine rings is 1. The quantitative estimate of drug-likeness (QED) is 0.884. The summed E-state index contributed by atoms with van der Waals surface area (Å²) >= 11 is 0. The summed E-state index contributed by atoms with van der Waals surface area (Å²) in [7, 11) is 0. The number of carbonyl (C=O) groups excluding carboxylic acids is 1. The number of rotatable bonds is 5. The molecule has 0 spiro atoms. The molecule has 1 fully saturated rings. The van der Waals surface area contributed by atoms with Gasteiger partial charge in [0.25, 0.3) is 0 Å². The molecule has 1 atom stereocenters. The lowest BCUT2D eigenvalue weighted by molar-refractivity contribution is -0.132. The molecule has 1 amide bonds. The van der Waals surface area contributed by atoms with Gasteiger partial charge in [0.05, 0.1) is 6.26 Å². The van der Waals surface area contributed by atoms with Crippen LogP contribution in [-0.2, 0) is 11.2 Å². The van der Waals surface area contributed by atoms with E-state index in [9.17, 15) is 4.79 Å². The fourth-order valence-electron chi connectivity index (χ4n) is 2.91. The van der Waals surface area contributed by atoms with Gasteiger partial charge in [-0.25, -0.2) is 0 Å². The maximum atomic E-state index is 12.3. The van der Waals surface area contributed by atoms with E-state index in [-0.39, 0.29) is 24.4 Å². The summed E-state index contributed by atoms with van der Waals surface area (Å²) in [5, 5.41) is 3.86. The molecule has 2 N–H and O–H groups in total. The molecule has 1 saturated heterocycles. The molecule has 0 radical (unpaired) electrons. The predicted octanol–water partition coefficient (Wildman–Crippen LogP) is 2.27. The summed E-state index contributed by atoms with van der Waals surface area (Å²) < 4.78 is 10.4. The Morgan fingerprint density at radius 1 is 1.46 bits per heavy atom. The Kier molecular flexibility index (Phi) is 6.39. The predicted molar refractivity (Wildman–Crippen MR) is 90.5 cm³/mol. The van der Waals surface area contributed by atoms with E-state index >= 15 is 0 Å². The lowest BCUT2D eigenvalue weighted by Crippen LogP contribution is -2.42. The number of hydrogen-bond donors (Lipinski definition) is 1.